The van der Waals surface area contributed by atoms with Crippen molar-refractivity contribution in [1.82, 2.24) is 0 Å². The van der Waals surface area contributed by atoms with E-state index in [9.17, 15) is 9.59 Å². The molecule has 0 atom stereocenters. The Morgan fingerprint density at radius 3 is 2.50 bits per heavy atom. The van der Waals surface area contributed by atoms with Crippen LogP contribution < -0.4 is 5.32 Å². The van der Waals surface area contributed by atoms with Crippen LogP contribution in [0.15, 0.2) is 18.2 Å². The summed E-state index contributed by atoms with van der Waals surface area (Å²) in [5.41, 5.74) is 0.225. The maximum Gasteiger partial charge on any atom is 0.229 e. The molecule has 0 heterocycles. The maximum absolute atomic E-state index is 11.8. The molecule has 0 unspecified atom stereocenters. The van der Waals surface area contributed by atoms with Crippen LogP contribution >= 0.6 is 11.6 Å². The fraction of sp³-hybridized carbons (Fsp3) is 0.333. The second kappa shape index (κ2) is 4.66. The molecule has 4 heteroatoms. The highest BCUT2D eigenvalue weighted by Gasteiger charge is 2.22. The summed E-state index contributed by atoms with van der Waals surface area (Å²) in [6.07, 6.45) is 0.671. The number of para-hydroxylation sites is 1. The molecule has 0 saturated carbocycles. The molecule has 0 aliphatic carbocycles. The lowest BCUT2D eigenvalue weighted by molar-refractivity contribution is -0.123. The lowest BCUT2D eigenvalue weighted by Crippen LogP contribution is -2.28. The highest BCUT2D eigenvalue weighted by Crippen LogP contribution is 2.27. The summed E-state index contributed by atoms with van der Waals surface area (Å²) in [4.78, 5) is 22.6. The van der Waals surface area contributed by atoms with Gasteiger partial charge in [-0.1, -0.05) is 38.4 Å². The molecule has 0 radical (unpaired) electrons. The van der Waals surface area contributed by atoms with Gasteiger partial charge >= 0.3 is 0 Å². The van der Waals surface area contributed by atoms with Gasteiger partial charge < -0.3 is 5.32 Å². The van der Waals surface area contributed by atoms with E-state index in [1.807, 2.05) is 0 Å². The molecule has 0 saturated heterocycles. The highest BCUT2D eigenvalue weighted by molar-refractivity contribution is 6.34. The number of carbonyl (C=O) groups excluding carboxylic acids is 2. The number of carbonyl (C=O) groups is 2. The molecule has 0 aliphatic heterocycles. The van der Waals surface area contributed by atoms with Gasteiger partial charge in [0.05, 0.1) is 10.7 Å². The summed E-state index contributed by atoms with van der Waals surface area (Å²) in [7, 11) is 0. The van der Waals surface area contributed by atoms with E-state index in [1.165, 1.54) is 0 Å². The third kappa shape index (κ3) is 2.83. The van der Waals surface area contributed by atoms with Crippen LogP contribution in [0.25, 0.3) is 0 Å². The number of rotatable bonds is 2. The number of benzene rings is 1. The molecule has 16 heavy (non-hydrogen) atoms. The van der Waals surface area contributed by atoms with Gasteiger partial charge in [-0.05, 0) is 12.1 Å². The number of hydrogen-bond donors (Lipinski definition) is 1. The Kier molecular flexibility index (Phi) is 3.70. The van der Waals surface area contributed by atoms with E-state index in [4.69, 9.17) is 11.6 Å². The topological polar surface area (TPSA) is 46.2 Å². The van der Waals surface area contributed by atoms with Gasteiger partial charge in [-0.25, -0.2) is 0 Å². The van der Waals surface area contributed by atoms with E-state index in [0.717, 1.165) is 0 Å². The van der Waals surface area contributed by atoms with Crippen molar-refractivity contribution in [3.05, 3.63) is 28.8 Å². The number of halogens is 1. The quantitative estimate of drug-likeness (QED) is 0.806. The number of nitrogens with one attached hydrogen (secondary N) is 1. The van der Waals surface area contributed by atoms with Crippen LogP contribution in [0.2, 0.25) is 5.02 Å². The average molecular weight is 240 g/mol. The predicted octanol–water partition coefficient (Wildman–Crippen LogP) is 3.14. The van der Waals surface area contributed by atoms with Crippen LogP contribution in [-0.4, -0.2) is 12.2 Å². The normalized spacial score (nSPS) is 11.0. The number of amides is 1. The summed E-state index contributed by atoms with van der Waals surface area (Å²) < 4.78 is 0. The number of anilines is 1. The molecule has 86 valence electrons. The fourth-order valence-electron chi connectivity index (χ4n) is 1.07. The van der Waals surface area contributed by atoms with Gasteiger partial charge in [-0.2, -0.15) is 0 Å². The van der Waals surface area contributed by atoms with Gasteiger partial charge in [0.2, 0.25) is 5.91 Å². The summed E-state index contributed by atoms with van der Waals surface area (Å²) in [6, 6.07) is 4.91. The van der Waals surface area contributed by atoms with Gasteiger partial charge in [0.15, 0.2) is 6.29 Å². The first-order valence-corrected chi connectivity index (χ1v) is 5.29. The fourth-order valence-corrected chi connectivity index (χ4v) is 1.30. The Balaban J connectivity index is 3.06. The lowest BCUT2D eigenvalue weighted by atomic mass is 9.95. The zero-order valence-corrected chi connectivity index (χ0v) is 10.3. The SMILES string of the molecule is CC(C)(C)C(=O)Nc1c(Cl)cccc1C=O. The molecule has 0 fully saturated rings. The Morgan fingerprint density at radius 1 is 1.38 bits per heavy atom. The van der Waals surface area contributed by atoms with Gasteiger partial charge in [0, 0.05) is 11.0 Å². The molecule has 1 aromatic rings. The smallest absolute Gasteiger partial charge is 0.229 e. The van der Waals surface area contributed by atoms with E-state index in [0.29, 0.717) is 22.6 Å². The van der Waals surface area contributed by atoms with Crippen LogP contribution in [0.4, 0.5) is 5.69 Å². The lowest BCUT2D eigenvalue weighted by Gasteiger charge is -2.19. The molecular formula is C12H14ClNO2. The molecule has 0 spiro atoms. The van der Waals surface area contributed by atoms with Gasteiger partial charge in [0.1, 0.15) is 0 Å². The Bertz CT molecular complexity index is 422. The van der Waals surface area contributed by atoms with Crippen LogP contribution in [0.5, 0.6) is 0 Å². The summed E-state index contributed by atoms with van der Waals surface area (Å²) in [5.74, 6) is -0.177. The first-order chi connectivity index (χ1) is 7.36. The third-order valence-electron chi connectivity index (χ3n) is 2.09. The zero-order chi connectivity index (χ0) is 12.3. The average Bonchev–Trinajstić information content (AvgIpc) is 2.19. The molecule has 1 rings (SSSR count). The standard InChI is InChI=1S/C12H14ClNO2/c1-12(2,3)11(16)14-10-8(7-15)5-4-6-9(10)13/h4-7H,1-3H3,(H,14,16). The van der Waals surface area contributed by atoms with Gasteiger partial charge in [0.25, 0.3) is 0 Å². The number of hydrogen-bond acceptors (Lipinski definition) is 2. The van der Waals surface area contributed by atoms with Crippen molar-refractivity contribution in [2.75, 3.05) is 5.32 Å². The summed E-state index contributed by atoms with van der Waals surface area (Å²) >= 11 is 5.93. The monoisotopic (exact) mass is 239 g/mol. The molecule has 1 aromatic carbocycles. The van der Waals surface area contributed by atoms with Crippen molar-refractivity contribution in [2.24, 2.45) is 5.41 Å². The minimum Gasteiger partial charge on any atom is -0.324 e. The molecule has 0 aliphatic rings. The minimum absolute atomic E-state index is 0.177. The molecule has 1 N–H and O–H groups in total. The third-order valence-corrected chi connectivity index (χ3v) is 2.41. The molecular weight excluding hydrogens is 226 g/mol. The van der Waals surface area contributed by atoms with E-state index in [-0.39, 0.29) is 5.91 Å². The minimum atomic E-state index is -0.528. The van der Waals surface area contributed by atoms with Crippen molar-refractivity contribution >= 4 is 29.5 Å². The summed E-state index contributed by atoms with van der Waals surface area (Å²) in [6.45, 7) is 5.37. The predicted molar refractivity (Wildman–Crippen MR) is 64.9 cm³/mol. The van der Waals surface area contributed by atoms with Crippen LogP contribution in [0.1, 0.15) is 31.1 Å². The Morgan fingerprint density at radius 2 is 2.00 bits per heavy atom. The summed E-state index contributed by atoms with van der Waals surface area (Å²) in [5, 5.41) is 3.03. The number of aldehydes is 1. The largest absolute Gasteiger partial charge is 0.324 e. The first kappa shape index (κ1) is 12.7. The first-order valence-electron chi connectivity index (χ1n) is 4.91. The van der Waals surface area contributed by atoms with Gasteiger partial charge in [-0.3, -0.25) is 9.59 Å². The van der Waals surface area contributed by atoms with E-state index < -0.39 is 5.41 Å². The Hall–Kier alpha value is -1.35. The van der Waals surface area contributed by atoms with Gasteiger partial charge in [-0.15, -0.1) is 0 Å². The molecule has 0 aromatic heterocycles. The second-order valence-corrected chi connectivity index (χ2v) is 4.93. The zero-order valence-electron chi connectivity index (χ0n) is 9.50. The van der Waals surface area contributed by atoms with Crippen molar-refractivity contribution < 1.29 is 9.59 Å². The molecule has 1 amide bonds. The van der Waals surface area contributed by atoms with Crippen molar-refractivity contribution in [3.63, 3.8) is 0 Å². The van der Waals surface area contributed by atoms with E-state index in [2.05, 4.69) is 5.32 Å². The van der Waals surface area contributed by atoms with Crippen molar-refractivity contribution in [1.29, 1.82) is 0 Å². The maximum atomic E-state index is 11.8. The second-order valence-electron chi connectivity index (χ2n) is 4.53. The van der Waals surface area contributed by atoms with E-state index in [1.54, 1.807) is 39.0 Å². The van der Waals surface area contributed by atoms with Crippen LogP contribution in [0, 0.1) is 5.41 Å². The molecule has 0 bridgehead atoms. The molecule has 3 nitrogen and oxygen atoms in total. The van der Waals surface area contributed by atoms with Crippen LogP contribution in [0.3, 0.4) is 0 Å². The van der Waals surface area contributed by atoms with Crippen molar-refractivity contribution in [3.8, 4) is 0 Å². The highest BCUT2D eigenvalue weighted by atomic mass is 35.5. The Labute approximate surface area is 99.8 Å². The van der Waals surface area contributed by atoms with Crippen LogP contribution in [-0.2, 0) is 4.79 Å². The van der Waals surface area contributed by atoms with Crippen molar-refractivity contribution in [2.45, 2.75) is 20.8 Å². The van der Waals surface area contributed by atoms with E-state index >= 15 is 0 Å².